The van der Waals surface area contributed by atoms with Crippen molar-refractivity contribution in [1.82, 2.24) is 0 Å². The Balaban J connectivity index is 2.47. The molecule has 0 aromatic heterocycles. The van der Waals surface area contributed by atoms with Crippen molar-refractivity contribution in [1.29, 1.82) is 0 Å². The van der Waals surface area contributed by atoms with Crippen LogP contribution in [0.5, 0.6) is 11.5 Å². The first kappa shape index (κ1) is 16.6. The van der Waals surface area contributed by atoms with Gasteiger partial charge in [-0.15, -0.1) is 0 Å². The summed E-state index contributed by atoms with van der Waals surface area (Å²) in [5, 5.41) is 0. The van der Waals surface area contributed by atoms with Crippen LogP contribution in [0.15, 0.2) is 51.8 Å². The number of methoxy groups -OCH3 is 2. The van der Waals surface area contributed by atoms with Crippen molar-refractivity contribution in [3.8, 4) is 11.5 Å². The molecule has 0 N–H and O–H groups in total. The monoisotopic (exact) mass is 385 g/mol. The molecule has 22 heavy (non-hydrogen) atoms. The van der Waals surface area contributed by atoms with Gasteiger partial charge in [0.1, 0.15) is 11.5 Å². The number of benzene rings is 2. The van der Waals surface area contributed by atoms with E-state index in [1.165, 1.54) is 37.7 Å². The summed E-state index contributed by atoms with van der Waals surface area (Å²) >= 11 is 3.30. The van der Waals surface area contributed by atoms with Gasteiger partial charge in [-0.3, -0.25) is 4.31 Å². The Hall–Kier alpha value is -1.73. The third-order valence-electron chi connectivity index (χ3n) is 3.21. The smallest absolute Gasteiger partial charge is 0.264 e. The molecule has 0 spiro atoms. The molecule has 0 aliphatic carbocycles. The largest absolute Gasteiger partial charge is 0.496 e. The first-order valence-electron chi connectivity index (χ1n) is 6.37. The lowest BCUT2D eigenvalue weighted by Gasteiger charge is -2.21. The number of nitrogens with zero attached hydrogens (tertiary/aromatic N) is 1. The molecular formula is C15H16BrNO4S. The van der Waals surface area contributed by atoms with Crippen molar-refractivity contribution in [3.05, 3.63) is 46.9 Å². The van der Waals surface area contributed by atoms with Gasteiger partial charge >= 0.3 is 0 Å². The van der Waals surface area contributed by atoms with Crippen molar-refractivity contribution in [2.24, 2.45) is 0 Å². The van der Waals surface area contributed by atoms with E-state index in [0.29, 0.717) is 21.7 Å². The minimum Gasteiger partial charge on any atom is -0.496 e. The van der Waals surface area contributed by atoms with E-state index in [1.807, 2.05) is 0 Å². The van der Waals surface area contributed by atoms with Crippen molar-refractivity contribution in [2.45, 2.75) is 4.90 Å². The summed E-state index contributed by atoms with van der Waals surface area (Å²) in [6.45, 7) is 0. The number of hydrogen-bond donors (Lipinski definition) is 0. The van der Waals surface area contributed by atoms with E-state index in [-0.39, 0.29) is 4.90 Å². The minimum atomic E-state index is -3.70. The highest BCUT2D eigenvalue weighted by molar-refractivity contribution is 9.10. The predicted octanol–water partition coefficient (Wildman–Crippen LogP) is 3.29. The Morgan fingerprint density at radius 2 is 1.64 bits per heavy atom. The average Bonchev–Trinajstić information content (AvgIpc) is 2.53. The highest BCUT2D eigenvalue weighted by atomic mass is 79.9. The summed E-state index contributed by atoms with van der Waals surface area (Å²) in [6, 6.07) is 11.6. The van der Waals surface area contributed by atoms with Gasteiger partial charge < -0.3 is 9.47 Å². The third kappa shape index (κ3) is 3.05. The van der Waals surface area contributed by atoms with Crippen LogP contribution in [0.3, 0.4) is 0 Å². The molecule has 7 heteroatoms. The number of rotatable bonds is 5. The lowest BCUT2D eigenvalue weighted by Crippen LogP contribution is -2.27. The fourth-order valence-corrected chi connectivity index (χ4v) is 3.91. The molecule has 2 rings (SSSR count). The van der Waals surface area contributed by atoms with Crippen LogP contribution in [0.25, 0.3) is 0 Å². The number of sulfonamides is 1. The summed E-state index contributed by atoms with van der Waals surface area (Å²) in [5.74, 6) is 1.06. The number of ether oxygens (including phenoxy) is 2. The van der Waals surface area contributed by atoms with Crippen LogP contribution in [0, 0.1) is 0 Å². The molecule has 0 fully saturated rings. The van der Waals surface area contributed by atoms with Crippen molar-refractivity contribution >= 4 is 31.6 Å². The molecule has 2 aromatic rings. The Morgan fingerprint density at radius 3 is 2.23 bits per heavy atom. The second-order valence-electron chi connectivity index (χ2n) is 4.44. The Labute approximate surface area is 138 Å². The molecular weight excluding hydrogens is 370 g/mol. The van der Waals surface area contributed by atoms with Crippen LogP contribution in [0.2, 0.25) is 0 Å². The first-order valence-corrected chi connectivity index (χ1v) is 8.60. The molecule has 2 aromatic carbocycles. The van der Waals surface area contributed by atoms with Gasteiger partial charge in [-0.2, -0.15) is 0 Å². The molecule has 0 saturated carbocycles. The summed E-state index contributed by atoms with van der Waals surface area (Å²) in [5.41, 5.74) is 0.469. The quantitative estimate of drug-likeness (QED) is 0.792. The number of hydrogen-bond acceptors (Lipinski definition) is 4. The van der Waals surface area contributed by atoms with Gasteiger partial charge in [0, 0.05) is 7.05 Å². The summed E-state index contributed by atoms with van der Waals surface area (Å²) in [7, 11) is 0.813. The normalized spacial score (nSPS) is 11.1. The molecule has 0 heterocycles. The van der Waals surface area contributed by atoms with E-state index in [0.717, 1.165) is 0 Å². The van der Waals surface area contributed by atoms with Gasteiger partial charge in [0.2, 0.25) is 0 Å². The van der Waals surface area contributed by atoms with Gasteiger partial charge in [-0.1, -0.05) is 12.1 Å². The van der Waals surface area contributed by atoms with Crippen molar-refractivity contribution in [2.75, 3.05) is 25.6 Å². The van der Waals surface area contributed by atoms with E-state index in [1.54, 1.807) is 30.3 Å². The molecule has 0 radical (unpaired) electrons. The second-order valence-corrected chi connectivity index (χ2v) is 7.26. The van der Waals surface area contributed by atoms with E-state index in [2.05, 4.69) is 15.9 Å². The molecule has 5 nitrogen and oxygen atoms in total. The van der Waals surface area contributed by atoms with Gasteiger partial charge in [0.15, 0.2) is 0 Å². The molecule has 0 aliphatic rings. The van der Waals surface area contributed by atoms with Gasteiger partial charge in [0.05, 0.1) is 29.3 Å². The van der Waals surface area contributed by atoms with Crippen molar-refractivity contribution in [3.63, 3.8) is 0 Å². The fraction of sp³-hybridized carbons (Fsp3) is 0.200. The maximum absolute atomic E-state index is 12.8. The van der Waals surface area contributed by atoms with E-state index in [9.17, 15) is 8.42 Å². The lowest BCUT2D eigenvalue weighted by atomic mass is 10.3. The zero-order valence-electron chi connectivity index (χ0n) is 12.4. The highest BCUT2D eigenvalue weighted by Gasteiger charge is 2.24. The molecule has 0 saturated heterocycles. The topological polar surface area (TPSA) is 55.8 Å². The molecule has 0 amide bonds. The Bertz CT molecular complexity index is 777. The molecule has 0 atom stereocenters. The van der Waals surface area contributed by atoms with E-state index in [4.69, 9.17) is 9.47 Å². The van der Waals surface area contributed by atoms with Crippen LogP contribution >= 0.6 is 15.9 Å². The number of halogens is 1. The Kier molecular flexibility index (Phi) is 4.97. The van der Waals surface area contributed by atoms with Crippen LogP contribution < -0.4 is 13.8 Å². The summed E-state index contributed by atoms with van der Waals surface area (Å²) in [6.07, 6.45) is 0. The Morgan fingerprint density at radius 1 is 1.00 bits per heavy atom. The first-order chi connectivity index (χ1) is 10.4. The summed E-state index contributed by atoms with van der Waals surface area (Å²) < 4.78 is 37.6. The van der Waals surface area contributed by atoms with Crippen molar-refractivity contribution < 1.29 is 17.9 Å². The van der Waals surface area contributed by atoms with Gasteiger partial charge in [-0.25, -0.2) is 8.42 Å². The SMILES string of the molecule is COc1ccc(S(=O)(=O)N(C)c2ccccc2OC)cc1Br. The standard InChI is InChI=1S/C15H16BrNO4S/c1-17(13-6-4-5-7-15(13)21-3)22(18,19)11-8-9-14(20-2)12(16)10-11/h4-10H,1-3H3. The van der Waals surface area contributed by atoms with Crippen LogP contribution in [0.4, 0.5) is 5.69 Å². The van der Waals surface area contributed by atoms with Gasteiger partial charge in [-0.05, 0) is 46.3 Å². The maximum atomic E-state index is 12.8. The maximum Gasteiger partial charge on any atom is 0.264 e. The zero-order chi connectivity index (χ0) is 16.3. The third-order valence-corrected chi connectivity index (χ3v) is 5.59. The van der Waals surface area contributed by atoms with Crippen LogP contribution in [-0.4, -0.2) is 29.7 Å². The zero-order valence-corrected chi connectivity index (χ0v) is 14.8. The van der Waals surface area contributed by atoms with E-state index >= 15 is 0 Å². The molecule has 118 valence electrons. The molecule has 0 bridgehead atoms. The fourth-order valence-electron chi connectivity index (χ4n) is 1.99. The molecule has 0 unspecified atom stereocenters. The highest BCUT2D eigenvalue weighted by Crippen LogP contribution is 2.33. The van der Waals surface area contributed by atoms with Crippen LogP contribution in [0.1, 0.15) is 0 Å². The molecule has 0 aliphatic heterocycles. The average molecular weight is 386 g/mol. The second kappa shape index (κ2) is 6.58. The van der Waals surface area contributed by atoms with E-state index < -0.39 is 10.0 Å². The van der Waals surface area contributed by atoms with Gasteiger partial charge in [0.25, 0.3) is 10.0 Å². The minimum absolute atomic E-state index is 0.161. The number of anilines is 1. The lowest BCUT2D eigenvalue weighted by molar-refractivity contribution is 0.411. The predicted molar refractivity (Wildman–Crippen MR) is 89.3 cm³/mol. The summed E-state index contributed by atoms with van der Waals surface area (Å²) in [4.78, 5) is 0.161. The van der Waals surface area contributed by atoms with Crippen LogP contribution in [-0.2, 0) is 10.0 Å². The number of para-hydroxylation sites is 2.